The van der Waals surface area contributed by atoms with Crippen molar-refractivity contribution in [2.24, 2.45) is 5.41 Å². The summed E-state index contributed by atoms with van der Waals surface area (Å²) >= 11 is 6.45. The van der Waals surface area contributed by atoms with Gasteiger partial charge in [0.25, 0.3) is 0 Å². The summed E-state index contributed by atoms with van der Waals surface area (Å²) in [6.07, 6.45) is 0.795. The molecule has 1 fully saturated rings. The van der Waals surface area contributed by atoms with Crippen LogP contribution in [0.2, 0.25) is 0 Å². The molecule has 0 aromatic heterocycles. The summed E-state index contributed by atoms with van der Waals surface area (Å²) in [5.74, 6) is 0. The van der Waals surface area contributed by atoms with Crippen molar-refractivity contribution in [3.05, 3.63) is 82.9 Å². The second-order valence-corrected chi connectivity index (χ2v) is 10.5. The predicted octanol–water partition coefficient (Wildman–Crippen LogP) is 3.97. The van der Waals surface area contributed by atoms with Crippen molar-refractivity contribution in [3.8, 4) is 0 Å². The van der Waals surface area contributed by atoms with Crippen molar-refractivity contribution in [2.45, 2.75) is 32.9 Å². The van der Waals surface area contributed by atoms with Crippen LogP contribution < -0.4 is 0 Å². The maximum atomic E-state index is 6.77. The van der Waals surface area contributed by atoms with Gasteiger partial charge in [-0.05, 0) is 0 Å². The van der Waals surface area contributed by atoms with Gasteiger partial charge in [-0.15, -0.1) is 0 Å². The number of hydrogen-bond acceptors (Lipinski definition) is 4. The van der Waals surface area contributed by atoms with Gasteiger partial charge in [0, 0.05) is 0 Å². The van der Waals surface area contributed by atoms with Gasteiger partial charge in [-0.2, -0.15) is 0 Å². The first kappa shape index (κ1) is 23.8. The van der Waals surface area contributed by atoms with E-state index >= 15 is 0 Å². The SMILES string of the molecule is CCOC(=[Se])C1=C(c2ccccc2)N2CCOC23C(C(=[Se])OCC)=C(c2ccccc2)C3(C)C1. The Morgan fingerprint density at radius 1 is 0.912 bits per heavy atom. The van der Waals surface area contributed by atoms with Crippen LogP contribution in [-0.4, -0.2) is 77.3 Å². The molecule has 0 radical (unpaired) electrons. The van der Waals surface area contributed by atoms with E-state index in [1.54, 1.807) is 0 Å². The van der Waals surface area contributed by atoms with Crippen LogP contribution >= 0.6 is 0 Å². The molecular weight excluding hydrogens is 556 g/mol. The van der Waals surface area contributed by atoms with E-state index in [1.807, 2.05) is 13.8 Å². The summed E-state index contributed by atoms with van der Waals surface area (Å²) in [4.78, 5) is 2.45. The zero-order chi connectivity index (χ0) is 23.9. The normalized spacial score (nSPS) is 25.4. The van der Waals surface area contributed by atoms with Gasteiger partial charge in [0.2, 0.25) is 0 Å². The third-order valence-electron chi connectivity index (χ3n) is 7.09. The molecule has 2 aliphatic heterocycles. The van der Waals surface area contributed by atoms with Crippen molar-refractivity contribution >= 4 is 51.6 Å². The van der Waals surface area contributed by atoms with Gasteiger partial charge in [0.15, 0.2) is 0 Å². The minimum atomic E-state index is -0.602. The van der Waals surface area contributed by atoms with Crippen molar-refractivity contribution in [3.63, 3.8) is 0 Å². The van der Waals surface area contributed by atoms with Crippen LogP contribution in [-0.2, 0) is 14.2 Å². The van der Waals surface area contributed by atoms with Gasteiger partial charge in [0.05, 0.1) is 0 Å². The molecule has 1 aliphatic carbocycles. The van der Waals surface area contributed by atoms with Crippen molar-refractivity contribution in [2.75, 3.05) is 26.4 Å². The number of hydrogen-bond donors (Lipinski definition) is 0. The Bertz CT molecular complexity index is 1190. The fourth-order valence-corrected chi connectivity index (χ4v) is 7.27. The maximum absolute atomic E-state index is 6.77. The number of ether oxygens (including phenoxy) is 3. The van der Waals surface area contributed by atoms with Gasteiger partial charge in [-0.25, -0.2) is 0 Å². The monoisotopic (exact) mass is 587 g/mol. The molecule has 0 N–H and O–H groups in total. The van der Waals surface area contributed by atoms with E-state index < -0.39 is 5.72 Å². The molecule has 2 unspecified atom stereocenters. The first-order valence-electron chi connectivity index (χ1n) is 11.8. The van der Waals surface area contributed by atoms with Crippen molar-refractivity contribution < 1.29 is 14.2 Å². The third kappa shape index (κ3) is 3.35. The first-order valence-corrected chi connectivity index (χ1v) is 13.6. The van der Waals surface area contributed by atoms with Crippen LogP contribution in [0.3, 0.4) is 0 Å². The van der Waals surface area contributed by atoms with E-state index in [9.17, 15) is 0 Å². The topological polar surface area (TPSA) is 30.9 Å². The average Bonchev–Trinajstić information content (AvgIpc) is 3.30. The van der Waals surface area contributed by atoms with Gasteiger partial charge in [0.1, 0.15) is 0 Å². The van der Waals surface area contributed by atoms with Crippen LogP contribution in [0.4, 0.5) is 0 Å². The van der Waals surface area contributed by atoms with Gasteiger partial charge >= 0.3 is 218 Å². The molecule has 34 heavy (non-hydrogen) atoms. The van der Waals surface area contributed by atoms with Gasteiger partial charge in [-0.1, -0.05) is 0 Å². The molecule has 1 saturated heterocycles. The molecule has 2 aromatic carbocycles. The minimum absolute atomic E-state index is 0.286. The van der Waals surface area contributed by atoms with E-state index in [1.165, 1.54) is 28.0 Å². The molecule has 2 heterocycles. The molecular formula is C28H29NO3Se2. The average molecular weight is 585 g/mol. The summed E-state index contributed by atoms with van der Waals surface area (Å²) in [6.45, 7) is 9.05. The zero-order valence-electron chi connectivity index (χ0n) is 19.8. The summed E-state index contributed by atoms with van der Waals surface area (Å²) in [6, 6.07) is 21.2. The Balaban J connectivity index is 1.77. The fraction of sp³-hybridized carbons (Fsp3) is 0.357. The van der Waals surface area contributed by atoms with Crippen LogP contribution in [0.1, 0.15) is 38.3 Å². The first-order chi connectivity index (χ1) is 16.5. The number of nitrogens with zero attached hydrogens (tertiary/aromatic N) is 1. The standard InChI is InChI=1S/C28H29NO3Se2/c1-4-30-25(33)21-18-27(3)22(19-12-8-6-9-13-19)23(26(34)31-5-2)28(27)29(16-17-32-28)24(21)20-14-10-7-11-15-20/h6-15H,4-5,16-18H2,1-3H3. The Hall–Kier alpha value is -1.94. The van der Waals surface area contributed by atoms with E-state index in [4.69, 9.17) is 14.2 Å². The van der Waals surface area contributed by atoms with Gasteiger partial charge < -0.3 is 0 Å². The number of benzene rings is 2. The van der Waals surface area contributed by atoms with E-state index in [0.29, 0.717) is 19.8 Å². The van der Waals surface area contributed by atoms with E-state index in [2.05, 4.69) is 104 Å². The van der Waals surface area contributed by atoms with E-state index in [-0.39, 0.29) is 5.41 Å². The molecule has 3 aliphatic rings. The predicted molar refractivity (Wildman–Crippen MR) is 140 cm³/mol. The van der Waals surface area contributed by atoms with Crippen molar-refractivity contribution in [1.82, 2.24) is 4.90 Å². The molecule has 4 nitrogen and oxygen atoms in total. The second-order valence-electron chi connectivity index (χ2n) is 8.90. The fourth-order valence-electron chi connectivity index (χ4n) is 5.91. The molecule has 6 heteroatoms. The van der Waals surface area contributed by atoms with Crippen LogP contribution in [0, 0.1) is 5.41 Å². The summed E-state index contributed by atoms with van der Waals surface area (Å²) < 4.78 is 20.6. The molecule has 176 valence electrons. The summed E-state index contributed by atoms with van der Waals surface area (Å²) in [5.41, 5.74) is 6.24. The number of rotatable bonds is 8. The van der Waals surface area contributed by atoms with Gasteiger partial charge in [-0.3, -0.25) is 0 Å². The van der Waals surface area contributed by atoms with Crippen LogP contribution in [0.15, 0.2) is 71.8 Å². The summed E-state index contributed by atoms with van der Waals surface area (Å²) in [7, 11) is 0. The quantitative estimate of drug-likeness (QED) is 0.439. The molecule has 2 atom stereocenters. The molecule has 1 spiro atoms. The Morgan fingerprint density at radius 2 is 1.50 bits per heavy atom. The molecule has 0 saturated carbocycles. The zero-order valence-corrected chi connectivity index (χ0v) is 23.2. The Kier molecular flexibility index (Phi) is 6.48. The van der Waals surface area contributed by atoms with Crippen LogP contribution in [0.5, 0.6) is 0 Å². The van der Waals surface area contributed by atoms with E-state index in [0.717, 1.165) is 27.7 Å². The Morgan fingerprint density at radius 3 is 2.12 bits per heavy atom. The third-order valence-corrected chi connectivity index (χ3v) is 8.53. The van der Waals surface area contributed by atoms with Crippen LogP contribution in [0.25, 0.3) is 11.3 Å². The van der Waals surface area contributed by atoms with Crippen molar-refractivity contribution in [1.29, 1.82) is 0 Å². The summed E-state index contributed by atoms with van der Waals surface area (Å²) in [5, 5.41) is 0. The molecule has 0 bridgehead atoms. The molecule has 5 rings (SSSR count). The second kappa shape index (κ2) is 9.26. The molecule has 0 amide bonds. The Labute approximate surface area is 217 Å². The molecule has 2 aromatic rings.